The Bertz CT molecular complexity index is 519. The molecule has 1 aromatic rings. The van der Waals surface area contributed by atoms with Crippen LogP contribution in [0.4, 0.5) is 0 Å². The predicted octanol–water partition coefficient (Wildman–Crippen LogP) is 10.1. The highest BCUT2D eigenvalue weighted by atomic mass is 15.1. The monoisotopic (exact) mass is 447 g/mol. The summed E-state index contributed by atoms with van der Waals surface area (Å²) < 4.78 is 2.57. The molecule has 1 N–H and O–H groups in total. The standard InChI is InChI=1S/C30H58N2/c1-6-8-10-12-14-15-16-17-18-19-21-23-28(5)32-26-25-31-30(32)29(27(3)4)24-22-20-13-11-9-7-2/h25-29H,6-24H2,1-5H3/p+1. The minimum absolute atomic E-state index is 0.612. The van der Waals surface area contributed by atoms with Crippen molar-refractivity contribution >= 4 is 0 Å². The number of H-pyrrole nitrogens is 1. The Labute approximate surface area is 202 Å². The van der Waals surface area contributed by atoms with Gasteiger partial charge in [-0.3, -0.25) is 0 Å². The summed E-state index contributed by atoms with van der Waals surface area (Å²) in [6, 6.07) is 0.612. The number of imidazole rings is 1. The molecule has 0 aromatic carbocycles. The maximum Gasteiger partial charge on any atom is 0.257 e. The Morgan fingerprint density at radius 3 is 1.53 bits per heavy atom. The topological polar surface area (TPSA) is 19.7 Å². The van der Waals surface area contributed by atoms with Gasteiger partial charge in [0, 0.05) is 0 Å². The van der Waals surface area contributed by atoms with Crippen molar-refractivity contribution in [3.8, 4) is 0 Å². The Morgan fingerprint density at radius 1 is 0.625 bits per heavy atom. The first-order chi connectivity index (χ1) is 15.6. The lowest BCUT2D eigenvalue weighted by molar-refractivity contribution is -0.727. The quantitative estimate of drug-likeness (QED) is 0.135. The van der Waals surface area contributed by atoms with Crippen LogP contribution in [0.2, 0.25) is 0 Å². The zero-order valence-corrected chi connectivity index (χ0v) is 22.8. The van der Waals surface area contributed by atoms with Crippen LogP contribution in [0.3, 0.4) is 0 Å². The average Bonchev–Trinajstić information content (AvgIpc) is 3.26. The molecule has 0 fully saturated rings. The van der Waals surface area contributed by atoms with Crippen molar-refractivity contribution in [1.82, 2.24) is 4.98 Å². The first-order valence-electron chi connectivity index (χ1n) is 14.7. The smallest absolute Gasteiger partial charge is 0.247 e. The summed E-state index contributed by atoms with van der Waals surface area (Å²) >= 11 is 0. The summed E-state index contributed by atoms with van der Waals surface area (Å²) in [4.78, 5) is 3.64. The summed E-state index contributed by atoms with van der Waals surface area (Å²) in [6.07, 6.45) is 31.2. The van der Waals surface area contributed by atoms with Gasteiger partial charge in [0.05, 0.1) is 12.0 Å². The minimum atomic E-state index is 0.612. The molecule has 2 heteroatoms. The first kappa shape index (κ1) is 29.2. The van der Waals surface area contributed by atoms with Gasteiger partial charge in [0.1, 0.15) is 12.4 Å². The van der Waals surface area contributed by atoms with Gasteiger partial charge in [-0.1, -0.05) is 130 Å². The molecule has 1 aromatic heterocycles. The van der Waals surface area contributed by atoms with Crippen molar-refractivity contribution < 1.29 is 4.57 Å². The summed E-state index contributed by atoms with van der Waals surface area (Å²) in [6.45, 7) is 11.8. The number of hydrogen-bond donors (Lipinski definition) is 1. The van der Waals surface area contributed by atoms with Crippen molar-refractivity contribution in [2.24, 2.45) is 5.92 Å². The number of nitrogens with one attached hydrogen (secondary N) is 1. The highest BCUT2D eigenvalue weighted by Crippen LogP contribution is 2.28. The molecule has 0 aliphatic carbocycles. The first-order valence-corrected chi connectivity index (χ1v) is 14.7. The van der Waals surface area contributed by atoms with E-state index in [1.807, 2.05) is 0 Å². The summed E-state index contributed by atoms with van der Waals surface area (Å²) in [5.41, 5.74) is 0. The van der Waals surface area contributed by atoms with Crippen LogP contribution in [0.25, 0.3) is 0 Å². The molecule has 0 amide bonds. The number of aromatic nitrogens is 2. The highest BCUT2D eigenvalue weighted by Gasteiger charge is 2.27. The fourth-order valence-corrected chi connectivity index (χ4v) is 5.21. The second-order valence-electron chi connectivity index (χ2n) is 10.8. The molecule has 0 radical (unpaired) electrons. The van der Waals surface area contributed by atoms with Crippen molar-refractivity contribution in [3.05, 3.63) is 18.2 Å². The van der Waals surface area contributed by atoms with E-state index in [0.717, 1.165) is 0 Å². The van der Waals surface area contributed by atoms with Crippen LogP contribution in [-0.2, 0) is 0 Å². The van der Waals surface area contributed by atoms with E-state index in [1.165, 1.54) is 128 Å². The molecule has 0 saturated carbocycles. The molecule has 32 heavy (non-hydrogen) atoms. The van der Waals surface area contributed by atoms with Crippen molar-refractivity contribution in [3.63, 3.8) is 0 Å². The van der Waals surface area contributed by atoms with Gasteiger partial charge in [-0.25, -0.2) is 9.55 Å². The summed E-state index contributed by atoms with van der Waals surface area (Å²) in [7, 11) is 0. The highest BCUT2D eigenvalue weighted by molar-refractivity contribution is 4.92. The third kappa shape index (κ3) is 13.0. The SMILES string of the molecule is CCCCCCCCCCCCCC(C)[n+]1cc[nH]c1C(CCCCCCCC)C(C)C. The van der Waals surface area contributed by atoms with Gasteiger partial charge >= 0.3 is 0 Å². The van der Waals surface area contributed by atoms with E-state index in [-0.39, 0.29) is 0 Å². The lowest BCUT2D eigenvalue weighted by atomic mass is 9.89. The van der Waals surface area contributed by atoms with Gasteiger partial charge in [0.15, 0.2) is 0 Å². The van der Waals surface area contributed by atoms with Crippen LogP contribution in [0.5, 0.6) is 0 Å². The molecule has 0 spiro atoms. The summed E-state index contributed by atoms with van der Waals surface area (Å²) in [5.74, 6) is 2.84. The molecule has 2 nitrogen and oxygen atoms in total. The normalized spacial score (nSPS) is 13.7. The van der Waals surface area contributed by atoms with Gasteiger partial charge in [-0.15, -0.1) is 0 Å². The molecule has 0 bridgehead atoms. The predicted molar refractivity (Wildman–Crippen MR) is 142 cm³/mol. The van der Waals surface area contributed by atoms with Gasteiger partial charge in [-0.2, -0.15) is 0 Å². The second-order valence-corrected chi connectivity index (χ2v) is 10.8. The Kier molecular flexibility index (Phi) is 18.0. The number of rotatable bonds is 22. The molecular weight excluding hydrogens is 388 g/mol. The maximum atomic E-state index is 3.64. The average molecular weight is 448 g/mol. The van der Waals surface area contributed by atoms with E-state index in [0.29, 0.717) is 17.9 Å². The van der Waals surface area contributed by atoms with Gasteiger partial charge < -0.3 is 0 Å². The van der Waals surface area contributed by atoms with Crippen molar-refractivity contribution in [2.75, 3.05) is 0 Å². The lowest BCUT2D eigenvalue weighted by Gasteiger charge is -2.20. The minimum Gasteiger partial charge on any atom is -0.247 e. The third-order valence-electron chi connectivity index (χ3n) is 7.47. The molecule has 1 heterocycles. The van der Waals surface area contributed by atoms with E-state index in [9.17, 15) is 0 Å². The number of nitrogens with zero attached hydrogens (tertiary/aromatic N) is 1. The third-order valence-corrected chi connectivity index (χ3v) is 7.47. The van der Waals surface area contributed by atoms with E-state index in [2.05, 4.69) is 56.6 Å². The van der Waals surface area contributed by atoms with Crippen LogP contribution in [-0.4, -0.2) is 4.98 Å². The Hall–Kier alpha value is -0.790. The zero-order valence-electron chi connectivity index (χ0n) is 22.8. The second kappa shape index (κ2) is 19.7. The van der Waals surface area contributed by atoms with Crippen LogP contribution < -0.4 is 4.57 Å². The summed E-state index contributed by atoms with van der Waals surface area (Å²) in [5, 5.41) is 0. The van der Waals surface area contributed by atoms with E-state index in [1.54, 1.807) is 0 Å². The van der Waals surface area contributed by atoms with E-state index >= 15 is 0 Å². The molecular formula is C30H59N2+. The number of hydrogen-bond acceptors (Lipinski definition) is 0. The molecule has 0 saturated heterocycles. The Morgan fingerprint density at radius 2 is 1.06 bits per heavy atom. The van der Waals surface area contributed by atoms with Crippen molar-refractivity contribution in [1.29, 1.82) is 0 Å². The number of unbranched alkanes of at least 4 members (excludes halogenated alkanes) is 15. The van der Waals surface area contributed by atoms with Gasteiger partial charge in [-0.05, 0) is 32.1 Å². The Balaban J connectivity index is 2.28. The zero-order chi connectivity index (χ0) is 23.4. The molecule has 2 atom stereocenters. The van der Waals surface area contributed by atoms with Gasteiger partial charge in [0.25, 0.3) is 5.82 Å². The number of aromatic amines is 1. The fraction of sp³-hybridized carbons (Fsp3) is 0.900. The fourth-order valence-electron chi connectivity index (χ4n) is 5.21. The molecule has 0 aliphatic rings. The largest absolute Gasteiger partial charge is 0.257 e. The van der Waals surface area contributed by atoms with Crippen LogP contribution >= 0.6 is 0 Å². The van der Waals surface area contributed by atoms with E-state index in [4.69, 9.17) is 0 Å². The van der Waals surface area contributed by atoms with Crippen LogP contribution in [0.1, 0.15) is 174 Å². The maximum absolute atomic E-state index is 3.64. The molecule has 0 aliphatic heterocycles. The molecule has 2 unspecified atom stereocenters. The van der Waals surface area contributed by atoms with Crippen LogP contribution in [0, 0.1) is 5.92 Å². The van der Waals surface area contributed by atoms with Gasteiger partial charge in [0.2, 0.25) is 0 Å². The van der Waals surface area contributed by atoms with E-state index < -0.39 is 0 Å². The van der Waals surface area contributed by atoms with Crippen molar-refractivity contribution in [2.45, 2.75) is 169 Å². The molecule has 188 valence electrons. The molecule has 1 rings (SSSR count). The lowest BCUT2D eigenvalue weighted by Crippen LogP contribution is -2.41. The van der Waals surface area contributed by atoms with Crippen LogP contribution in [0.15, 0.2) is 12.4 Å².